The lowest BCUT2D eigenvalue weighted by atomic mass is 9.99. The number of hydrogen-bond acceptors (Lipinski definition) is 6. The quantitative estimate of drug-likeness (QED) is 0.612. The molecule has 0 saturated carbocycles. The largest absolute Gasteiger partial charge is 0.493 e. The highest BCUT2D eigenvalue weighted by molar-refractivity contribution is 5.80. The van der Waals surface area contributed by atoms with Crippen LogP contribution in [-0.2, 0) is 19.4 Å². The summed E-state index contributed by atoms with van der Waals surface area (Å²) in [4.78, 5) is 11.2. The van der Waals surface area contributed by atoms with Gasteiger partial charge < -0.3 is 24.2 Å². The van der Waals surface area contributed by atoms with Gasteiger partial charge >= 0.3 is 0 Å². The maximum absolute atomic E-state index is 5.45. The van der Waals surface area contributed by atoms with Crippen LogP contribution in [0.4, 0.5) is 0 Å². The van der Waals surface area contributed by atoms with Gasteiger partial charge in [-0.1, -0.05) is 5.16 Å². The third-order valence-electron chi connectivity index (χ3n) is 4.51. The number of aromatic nitrogens is 2. The standard InChI is InChI=1S/C19H27N5O3/c1-5-20-19(21-8-6-18-22-13(2)23-27-18)24-9-7-14-10-16(25-3)17(26-4)11-15(14)12-24/h10-11H,5-9,12H2,1-4H3,(H,20,21). The van der Waals surface area contributed by atoms with Crippen molar-refractivity contribution in [2.45, 2.75) is 33.2 Å². The van der Waals surface area contributed by atoms with Gasteiger partial charge in [-0.3, -0.25) is 4.99 Å². The van der Waals surface area contributed by atoms with Gasteiger partial charge in [0.15, 0.2) is 23.3 Å². The van der Waals surface area contributed by atoms with E-state index in [9.17, 15) is 0 Å². The number of guanidine groups is 1. The zero-order chi connectivity index (χ0) is 19.2. The molecule has 0 spiro atoms. The highest BCUT2D eigenvalue weighted by Crippen LogP contribution is 2.33. The Morgan fingerprint density at radius 1 is 1.26 bits per heavy atom. The van der Waals surface area contributed by atoms with Crippen LogP contribution in [0.25, 0.3) is 0 Å². The Kier molecular flexibility index (Phi) is 6.16. The molecule has 2 heterocycles. The molecule has 0 atom stereocenters. The Hall–Kier alpha value is -2.77. The lowest BCUT2D eigenvalue weighted by Gasteiger charge is -2.32. The first kappa shape index (κ1) is 19.0. The highest BCUT2D eigenvalue weighted by Gasteiger charge is 2.21. The van der Waals surface area contributed by atoms with Crippen LogP contribution in [0.3, 0.4) is 0 Å². The number of ether oxygens (including phenoxy) is 2. The smallest absolute Gasteiger partial charge is 0.228 e. The molecular formula is C19H27N5O3. The van der Waals surface area contributed by atoms with Crippen LogP contribution in [-0.4, -0.2) is 54.9 Å². The Balaban J connectivity index is 1.72. The summed E-state index contributed by atoms with van der Waals surface area (Å²) in [5, 5.41) is 7.19. The molecule has 8 nitrogen and oxygen atoms in total. The second kappa shape index (κ2) is 8.75. The van der Waals surface area contributed by atoms with Gasteiger partial charge in [0.1, 0.15) is 0 Å². The van der Waals surface area contributed by atoms with Crippen molar-refractivity contribution in [2.75, 3.05) is 33.9 Å². The van der Waals surface area contributed by atoms with E-state index in [4.69, 9.17) is 19.0 Å². The number of nitrogens with zero attached hydrogens (tertiary/aromatic N) is 4. The van der Waals surface area contributed by atoms with Gasteiger partial charge in [-0.2, -0.15) is 4.98 Å². The zero-order valence-corrected chi connectivity index (χ0v) is 16.4. The minimum absolute atomic E-state index is 0.596. The SMILES string of the molecule is CCNC(=NCCc1nc(C)no1)N1CCc2cc(OC)c(OC)cc2C1. The Morgan fingerprint density at radius 2 is 2.00 bits per heavy atom. The minimum Gasteiger partial charge on any atom is -0.493 e. The van der Waals surface area contributed by atoms with Gasteiger partial charge in [0.05, 0.1) is 20.8 Å². The van der Waals surface area contributed by atoms with E-state index in [2.05, 4.69) is 39.4 Å². The van der Waals surface area contributed by atoms with Crippen molar-refractivity contribution in [1.29, 1.82) is 0 Å². The van der Waals surface area contributed by atoms with E-state index in [0.717, 1.165) is 43.5 Å². The van der Waals surface area contributed by atoms with Crippen LogP contribution in [0.5, 0.6) is 11.5 Å². The monoisotopic (exact) mass is 373 g/mol. The van der Waals surface area contributed by atoms with E-state index in [1.54, 1.807) is 14.2 Å². The summed E-state index contributed by atoms with van der Waals surface area (Å²) >= 11 is 0. The summed E-state index contributed by atoms with van der Waals surface area (Å²) in [5.41, 5.74) is 2.53. The third kappa shape index (κ3) is 4.50. The molecule has 0 unspecified atom stereocenters. The highest BCUT2D eigenvalue weighted by atomic mass is 16.5. The zero-order valence-electron chi connectivity index (χ0n) is 16.4. The average molecular weight is 373 g/mol. The molecule has 1 aromatic heterocycles. The van der Waals surface area contributed by atoms with E-state index < -0.39 is 0 Å². The second-order valence-corrected chi connectivity index (χ2v) is 6.37. The molecule has 27 heavy (non-hydrogen) atoms. The summed E-state index contributed by atoms with van der Waals surface area (Å²) in [7, 11) is 3.33. The van der Waals surface area contributed by atoms with E-state index in [1.165, 1.54) is 11.1 Å². The Labute approximate surface area is 159 Å². The van der Waals surface area contributed by atoms with Crippen molar-refractivity contribution in [3.8, 4) is 11.5 Å². The summed E-state index contributed by atoms with van der Waals surface area (Å²) in [6, 6.07) is 4.14. The summed E-state index contributed by atoms with van der Waals surface area (Å²) < 4.78 is 16.0. The van der Waals surface area contributed by atoms with Crippen molar-refractivity contribution < 1.29 is 14.0 Å². The number of nitrogens with one attached hydrogen (secondary N) is 1. The Bertz CT molecular complexity index is 803. The summed E-state index contributed by atoms with van der Waals surface area (Å²) in [6.45, 7) is 6.97. The molecule has 0 radical (unpaired) electrons. The maximum Gasteiger partial charge on any atom is 0.228 e. The fourth-order valence-electron chi connectivity index (χ4n) is 3.19. The fraction of sp³-hybridized carbons (Fsp3) is 0.526. The van der Waals surface area contributed by atoms with Gasteiger partial charge in [-0.05, 0) is 43.5 Å². The van der Waals surface area contributed by atoms with Gasteiger partial charge in [-0.15, -0.1) is 0 Å². The van der Waals surface area contributed by atoms with E-state index in [-0.39, 0.29) is 0 Å². The first-order valence-electron chi connectivity index (χ1n) is 9.20. The molecule has 146 valence electrons. The van der Waals surface area contributed by atoms with Crippen LogP contribution in [0.1, 0.15) is 29.8 Å². The molecule has 0 amide bonds. The van der Waals surface area contributed by atoms with Crippen molar-refractivity contribution >= 4 is 5.96 Å². The van der Waals surface area contributed by atoms with Crippen LogP contribution < -0.4 is 14.8 Å². The molecule has 1 aliphatic heterocycles. The van der Waals surface area contributed by atoms with Crippen LogP contribution in [0, 0.1) is 6.92 Å². The summed E-state index contributed by atoms with van der Waals surface area (Å²) in [5.74, 6) is 3.70. The van der Waals surface area contributed by atoms with Crippen LogP contribution in [0.2, 0.25) is 0 Å². The predicted octanol–water partition coefficient (Wildman–Crippen LogP) is 1.96. The molecule has 0 fully saturated rings. The first-order chi connectivity index (χ1) is 13.1. The molecule has 1 aliphatic rings. The fourth-order valence-corrected chi connectivity index (χ4v) is 3.19. The van der Waals surface area contributed by atoms with E-state index in [0.29, 0.717) is 24.7 Å². The van der Waals surface area contributed by atoms with Gasteiger partial charge in [-0.25, -0.2) is 0 Å². The number of hydrogen-bond donors (Lipinski definition) is 1. The van der Waals surface area contributed by atoms with Crippen molar-refractivity contribution in [2.24, 2.45) is 4.99 Å². The molecule has 3 rings (SSSR count). The molecule has 0 saturated heterocycles. The van der Waals surface area contributed by atoms with Crippen molar-refractivity contribution in [3.05, 3.63) is 35.0 Å². The lowest BCUT2D eigenvalue weighted by molar-refractivity contribution is 0.345. The molecule has 0 bridgehead atoms. The Morgan fingerprint density at radius 3 is 2.63 bits per heavy atom. The van der Waals surface area contributed by atoms with Gasteiger partial charge in [0.2, 0.25) is 5.89 Å². The van der Waals surface area contributed by atoms with Gasteiger partial charge in [0, 0.05) is 26.1 Å². The van der Waals surface area contributed by atoms with Gasteiger partial charge in [0.25, 0.3) is 0 Å². The number of rotatable bonds is 6. The minimum atomic E-state index is 0.596. The predicted molar refractivity (Wildman–Crippen MR) is 102 cm³/mol. The average Bonchev–Trinajstić information content (AvgIpc) is 3.10. The first-order valence-corrected chi connectivity index (χ1v) is 9.20. The number of aryl methyl sites for hydroxylation is 1. The lowest BCUT2D eigenvalue weighted by Crippen LogP contribution is -2.44. The molecule has 1 N–H and O–H groups in total. The number of fused-ring (bicyclic) bond motifs is 1. The van der Waals surface area contributed by atoms with E-state index >= 15 is 0 Å². The molecule has 1 aromatic carbocycles. The molecule has 0 aliphatic carbocycles. The normalized spacial score (nSPS) is 14.1. The summed E-state index contributed by atoms with van der Waals surface area (Å²) in [6.07, 6.45) is 1.56. The second-order valence-electron chi connectivity index (χ2n) is 6.37. The van der Waals surface area contributed by atoms with Crippen LogP contribution >= 0.6 is 0 Å². The molecule has 2 aromatic rings. The topological polar surface area (TPSA) is 85.0 Å². The number of benzene rings is 1. The van der Waals surface area contributed by atoms with Crippen molar-refractivity contribution in [3.63, 3.8) is 0 Å². The third-order valence-corrected chi connectivity index (χ3v) is 4.51. The van der Waals surface area contributed by atoms with E-state index in [1.807, 2.05) is 6.92 Å². The molecule has 8 heteroatoms. The molecular weight excluding hydrogens is 346 g/mol. The number of methoxy groups -OCH3 is 2. The maximum atomic E-state index is 5.45. The van der Waals surface area contributed by atoms with Crippen LogP contribution in [0.15, 0.2) is 21.6 Å². The number of aliphatic imine (C=N–C) groups is 1. The van der Waals surface area contributed by atoms with Crippen molar-refractivity contribution in [1.82, 2.24) is 20.4 Å².